The number of hydrogen-bond donors (Lipinski definition) is 1. The first-order valence-electron chi connectivity index (χ1n) is 6.52. The van der Waals surface area contributed by atoms with Crippen LogP contribution in [0.3, 0.4) is 0 Å². The van der Waals surface area contributed by atoms with Gasteiger partial charge in [-0.15, -0.1) is 11.8 Å². The second-order valence-electron chi connectivity index (χ2n) is 4.60. The van der Waals surface area contributed by atoms with E-state index >= 15 is 0 Å². The van der Waals surface area contributed by atoms with Gasteiger partial charge in [0, 0.05) is 18.2 Å². The molecular formula is C14H13F3N2O3S. The number of carbonyl (C=O) groups is 1. The third kappa shape index (κ3) is 4.55. The molecule has 2 aromatic rings. The summed E-state index contributed by atoms with van der Waals surface area (Å²) in [6, 6.07) is 3.22. The molecule has 0 aliphatic heterocycles. The molecule has 1 heterocycles. The predicted molar refractivity (Wildman–Crippen MR) is 78.2 cm³/mol. The number of thioether (sulfide) groups is 1. The van der Waals surface area contributed by atoms with Crippen molar-refractivity contribution >= 4 is 28.6 Å². The Balaban J connectivity index is 2.46. The van der Waals surface area contributed by atoms with E-state index in [1.165, 1.54) is 13.2 Å². The number of hydrogen-bond acceptors (Lipinski definition) is 5. The van der Waals surface area contributed by atoms with E-state index in [4.69, 9.17) is 9.84 Å². The van der Waals surface area contributed by atoms with Gasteiger partial charge >= 0.3 is 12.1 Å². The molecule has 5 nitrogen and oxygen atoms in total. The van der Waals surface area contributed by atoms with E-state index < -0.39 is 17.7 Å². The van der Waals surface area contributed by atoms with Crippen molar-refractivity contribution in [2.24, 2.45) is 0 Å². The molecular weight excluding hydrogens is 333 g/mol. The Morgan fingerprint density at radius 2 is 2.09 bits per heavy atom. The Kier molecular flexibility index (Phi) is 5.42. The van der Waals surface area contributed by atoms with E-state index in [1.54, 1.807) is 0 Å². The van der Waals surface area contributed by atoms with Crippen LogP contribution in [-0.4, -0.2) is 33.9 Å². The van der Waals surface area contributed by atoms with Gasteiger partial charge in [-0.3, -0.25) is 4.79 Å². The van der Waals surface area contributed by atoms with Gasteiger partial charge < -0.3 is 9.84 Å². The average Bonchev–Trinajstić information content (AvgIpc) is 2.45. The zero-order chi connectivity index (χ0) is 17.0. The molecule has 124 valence electrons. The lowest BCUT2D eigenvalue weighted by Gasteiger charge is -2.11. The van der Waals surface area contributed by atoms with Crippen molar-refractivity contribution in [3.63, 3.8) is 0 Å². The summed E-state index contributed by atoms with van der Waals surface area (Å²) in [5.41, 5.74) is -0.439. The van der Waals surface area contributed by atoms with Gasteiger partial charge in [0.25, 0.3) is 0 Å². The summed E-state index contributed by atoms with van der Waals surface area (Å²) in [5.74, 6) is -0.453. The molecule has 1 aromatic carbocycles. The van der Waals surface area contributed by atoms with Gasteiger partial charge in [0.2, 0.25) is 0 Å². The summed E-state index contributed by atoms with van der Waals surface area (Å²) >= 11 is 1.08. The number of nitrogens with zero attached hydrogens (tertiary/aromatic N) is 2. The van der Waals surface area contributed by atoms with Gasteiger partial charge in [-0.1, -0.05) is 0 Å². The van der Waals surface area contributed by atoms with Gasteiger partial charge in [-0.05, 0) is 18.2 Å². The van der Waals surface area contributed by atoms with Crippen LogP contribution >= 0.6 is 11.8 Å². The smallest absolute Gasteiger partial charge is 0.416 e. The number of carboxylic acids is 1. The lowest BCUT2D eigenvalue weighted by molar-refractivity contribution is -0.138. The monoisotopic (exact) mass is 346 g/mol. The van der Waals surface area contributed by atoms with Crippen molar-refractivity contribution < 1.29 is 27.8 Å². The maximum absolute atomic E-state index is 12.9. The minimum absolute atomic E-state index is 0.115. The number of alkyl halides is 3. The van der Waals surface area contributed by atoms with Crippen LogP contribution in [0.1, 0.15) is 17.8 Å². The van der Waals surface area contributed by atoms with Crippen molar-refractivity contribution in [2.45, 2.75) is 24.2 Å². The van der Waals surface area contributed by atoms with E-state index in [1.807, 2.05) is 0 Å². The van der Waals surface area contributed by atoms with Gasteiger partial charge in [-0.2, -0.15) is 13.2 Å². The normalized spacial score (nSPS) is 11.8. The fourth-order valence-electron chi connectivity index (χ4n) is 1.86. The maximum atomic E-state index is 12.9. The Hall–Kier alpha value is -1.87. The lowest BCUT2D eigenvalue weighted by Crippen LogP contribution is -2.06. The molecule has 1 N–H and O–H groups in total. The summed E-state index contributed by atoms with van der Waals surface area (Å²) in [4.78, 5) is 18.9. The molecule has 0 saturated carbocycles. The van der Waals surface area contributed by atoms with Crippen LogP contribution in [0.5, 0.6) is 0 Å². The minimum atomic E-state index is -4.47. The Morgan fingerprint density at radius 1 is 1.35 bits per heavy atom. The third-order valence-corrected chi connectivity index (χ3v) is 3.86. The highest BCUT2D eigenvalue weighted by atomic mass is 32.2. The van der Waals surface area contributed by atoms with Crippen LogP contribution < -0.4 is 0 Å². The SMILES string of the molecule is COCc1nc(SCCC(=O)O)c2cc(C(F)(F)F)ccc2n1. The highest BCUT2D eigenvalue weighted by molar-refractivity contribution is 7.99. The molecule has 0 radical (unpaired) electrons. The van der Waals surface area contributed by atoms with Crippen LogP contribution in [0.25, 0.3) is 10.9 Å². The van der Waals surface area contributed by atoms with E-state index in [9.17, 15) is 18.0 Å². The summed E-state index contributed by atoms with van der Waals surface area (Å²) in [7, 11) is 1.46. The Labute approximate surface area is 133 Å². The maximum Gasteiger partial charge on any atom is 0.416 e. The van der Waals surface area contributed by atoms with Crippen LogP contribution in [-0.2, 0) is 22.3 Å². The predicted octanol–water partition coefficient (Wildman–Crippen LogP) is 3.36. The molecule has 1 aromatic heterocycles. The molecule has 0 unspecified atom stereocenters. The quantitative estimate of drug-likeness (QED) is 0.639. The number of fused-ring (bicyclic) bond motifs is 1. The first-order chi connectivity index (χ1) is 10.8. The number of rotatable bonds is 6. The molecule has 2 rings (SSSR count). The summed E-state index contributed by atoms with van der Waals surface area (Å²) < 4.78 is 43.5. The highest BCUT2D eigenvalue weighted by Gasteiger charge is 2.31. The van der Waals surface area contributed by atoms with Crippen LogP contribution in [0, 0.1) is 0 Å². The number of aliphatic carboxylic acids is 1. The first kappa shape index (κ1) is 17.5. The zero-order valence-corrected chi connectivity index (χ0v) is 12.9. The number of ether oxygens (including phenoxy) is 1. The molecule has 0 fully saturated rings. The van der Waals surface area contributed by atoms with Gasteiger partial charge in [-0.25, -0.2) is 9.97 Å². The van der Waals surface area contributed by atoms with Crippen molar-refractivity contribution in [1.82, 2.24) is 9.97 Å². The molecule has 9 heteroatoms. The van der Waals surface area contributed by atoms with E-state index in [2.05, 4.69) is 9.97 Å². The van der Waals surface area contributed by atoms with Crippen LogP contribution in [0.15, 0.2) is 23.2 Å². The molecule has 0 aliphatic rings. The number of methoxy groups -OCH3 is 1. The van der Waals surface area contributed by atoms with Crippen molar-refractivity contribution in [3.05, 3.63) is 29.6 Å². The van der Waals surface area contributed by atoms with Gasteiger partial charge in [0.15, 0.2) is 5.82 Å². The molecule has 0 saturated heterocycles. The van der Waals surface area contributed by atoms with E-state index in [0.717, 1.165) is 23.9 Å². The second-order valence-corrected chi connectivity index (χ2v) is 5.68. The van der Waals surface area contributed by atoms with Gasteiger partial charge in [0.05, 0.1) is 17.5 Å². The molecule has 23 heavy (non-hydrogen) atoms. The number of carboxylic acid groups (broad SMARTS) is 1. The van der Waals surface area contributed by atoms with Crippen molar-refractivity contribution in [2.75, 3.05) is 12.9 Å². The topological polar surface area (TPSA) is 72.3 Å². The van der Waals surface area contributed by atoms with Crippen LogP contribution in [0.2, 0.25) is 0 Å². The van der Waals surface area contributed by atoms with Crippen molar-refractivity contribution in [3.8, 4) is 0 Å². The fourth-order valence-corrected chi connectivity index (χ4v) is 2.82. The lowest BCUT2D eigenvalue weighted by atomic mass is 10.1. The first-order valence-corrected chi connectivity index (χ1v) is 7.51. The minimum Gasteiger partial charge on any atom is -0.481 e. The Bertz CT molecular complexity index is 722. The van der Waals surface area contributed by atoms with E-state index in [-0.39, 0.29) is 24.2 Å². The number of halogens is 3. The Morgan fingerprint density at radius 3 is 2.70 bits per heavy atom. The molecule has 0 bridgehead atoms. The third-order valence-electron chi connectivity index (χ3n) is 2.86. The largest absolute Gasteiger partial charge is 0.481 e. The van der Waals surface area contributed by atoms with E-state index in [0.29, 0.717) is 16.4 Å². The number of benzene rings is 1. The van der Waals surface area contributed by atoms with Crippen LogP contribution in [0.4, 0.5) is 13.2 Å². The zero-order valence-electron chi connectivity index (χ0n) is 12.1. The highest BCUT2D eigenvalue weighted by Crippen LogP contribution is 2.34. The van der Waals surface area contributed by atoms with Crippen molar-refractivity contribution in [1.29, 1.82) is 0 Å². The summed E-state index contributed by atoms with van der Waals surface area (Å²) in [6.07, 6.45) is -4.59. The molecule has 0 aliphatic carbocycles. The molecule has 0 atom stereocenters. The molecule has 0 amide bonds. The fraction of sp³-hybridized carbons (Fsp3) is 0.357. The standard InChI is InChI=1S/C14H13F3N2O3S/c1-22-7-11-18-10-3-2-8(14(15,16)17)6-9(10)13(19-11)23-5-4-12(20)21/h2-3,6H,4-5,7H2,1H3,(H,20,21). The second kappa shape index (κ2) is 7.14. The average molecular weight is 346 g/mol. The summed E-state index contributed by atoms with van der Waals surface area (Å²) in [5, 5.41) is 9.24. The van der Waals surface area contributed by atoms with Gasteiger partial charge in [0.1, 0.15) is 11.6 Å². The molecule has 0 spiro atoms. The summed E-state index contributed by atoms with van der Waals surface area (Å²) in [6.45, 7) is 0.115. The number of aromatic nitrogens is 2.